The molecule has 0 atom stereocenters. The third-order valence-electron chi connectivity index (χ3n) is 4.33. The van der Waals surface area contributed by atoms with Crippen molar-refractivity contribution in [3.63, 3.8) is 0 Å². The van der Waals surface area contributed by atoms with Crippen LogP contribution in [0, 0.1) is 11.3 Å². The number of benzene rings is 1. The van der Waals surface area contributed by atoms with Crippen LogP contribution in [0.2, 0.25) is 0 Å². The highest BCUT2D eigenvalue weighted by Crippen LogP contribution is 2.22. The highest BCUT2D eigenvalue weighted by molar-refractivity contribution is 5.95. The number of carbonyl (C=O) groups excluding carboxylic acids is 1. The van der Waals surface area contributed by atoms with E-state index < -0.39 is 0 Å². The number of anilines is 1. The molecule has 0 saturated carbocycles. The van der Waals surface area contributed by atoms with Gasteiger partial charge in [-0.25, -0.2) is 9.97 Å². The first-order valence-electron chi connectivity index (χ1n) is 7.95. The molecule has 124 valence electrons. The van der Waals surface area contributed by atoms with Crippen molar-refractivity contribution in [3.05, 3.63) is 47.9 Å². The molecule has 1 N–H and O–H groups in total. The maximum absolute atomic E-state index is 12.6. The quantitative estimate of drug-likeness (QED) is 0.756. The van der Waals surface area contributed by atoms with Crippen LogP contribution >= 0.6 is 0 Å². The molecule has 8 nitrogen and oxygen atoms in total. The van der Waals surface area contributed by atoms with Crippen molar-refractivity contribution >= 4 is 22.8 Å². The van der Waals surface area contributed by atoms with Crippen LogP contribution in [-0.4, -0.2) is 57.2 Å². The van der Waals surface area contributed by atoms with Crippen molar-refractivity contribution in [2.45, 2.75) is 0 Å². The van der Waals surface area contributed by atoms with Gasteiger partial charge in [-0.3, -0.25) is 9.89 Å². The molecule has 1 aliphatic rings. The Hall–Kier alpha value is -3.47. The van der Waals surface area contributed by atoms with E-state index in [1.165, 1.54) is 6.33 Å². The SMILES string of the molecule is N#Cc1cccc(C(=O)N2CCN(c3ncnc4[nH]ncc34)CC2)c1. The zero-order chi connectivity index (χ0) is 17.2. The van der Waals surface area contributed by atoms with Crippen molar-refractivity contribution in [1.82, 2.24) is 25.1 Å². The van der Waals surface area contributed by atoms with E-state index in [9.17, 15) is 4.79 Å². The number of aromatic nitrogens is 4. The number of carbonyl (C=O) groups is 1. The molecular formula is C17H15N7O. The highest BCUT2D eigenvalue weighted by Gasteiger charge is 2.24. The van der Waals surface area contributed by atoms with Crippen LogP contribution in [-0.2, 0) is 0 Å². The highest BCUT2D eigenvalue weighted by atomic mass is 16.2. The summed E-state index contributed by atoms with van der Waals surface area (Å²) in [4.78, 5) is 25.1. The molecule has 1 fully saturated rings. The van der Waals surface area contributed by atoms with Crippen LogP contribution in [0.3, 0.4) is 0 Å². The minimum Gasteiger partial charge on any atom is -0.352 e. The van der Waals surface area contributed by atoms with Gasteiger partial charge in [0.2, 0.25) is 0 Å². The summed E-state index contributed by atoms with van der Waals surface area (Å²) in [6, 6.07) is 8.87. The number of nitrogens with zero attached hydrogens (tertiary/aromatic N) is 6. The van der Waals surface area contributed by atoms with Crippen molar-refractivity contribution in [2.75, 3.05) is 31.1 Å². The number of rotatable bonds is 2. The van der Waals surface area contributed by atoms with Gasteiger partial charge in [-0.1, -0.05) is 6.07 Å². The molecule has 1 aliphatic heterocycles. The Bertz CT molecular complexity index is 966. The Morgan fingerprint density at radius 2 is 2.04 bits per heavy atom. The Morgan fingerprint density at radius 1 is 1.20 bits per heavy atom. The third-order valence-corrected chi connectivity index (χ3v) is 4.33. The molecule has 3 heterocycles. The van der Waals surface area contributed by atoms with Gasteiger partial charge in [0.15, 0.2) is 5.65 Å². The van der Waals surface area contributed by atoms with Gasteiger partial charge in [-0.15, -0.1) is 0 Å². The lowest BCUT2D eigenvalue weighted by Crippen LogP contribution is -2.49. The summed E-state index contributed by atoms with van der Waals surface area (Å²) >= 11 is 0. The first-order chi connectivity index (χ1) is 12.3. The molecule has 0 aliphatic carbocycles. The summed E-state index contributed by atoms with van der Waals surface area (Å²) in [5, 5.41) is 16.7. The first kappa shape index (κ1) is 15.1. The number of nitriles is 1. The first-order valence-corrected chi connectivity index (χ1v) is 7.95. The smallest absolute Gasteiger partial charge is 0.254 e. The van der Waals surface area contributed by atoms with E-state index in [1.807, 2.05) is 0 Å². The Kier molecular flexibility index (Phi) is 3.74. The van der Waals surface area contributed by atoms with Crippen LogP contribution in [0.25, 0.3) is 11.0 Å². The molecule has 0 unspecified atom stereocenters. The second kappa shape index (κ2) is 6.20. The van der Waals surface area contributed by atoms with Gasteiger partial charge in [0.05, 0.1) is 23.2 Å². The van der Waals surface area contributed by atoms with Crippen LogP contribution in [0.4, 0.5) is 5.82 Å². The number of fused-ring (bicyclic) bond motifs is 1. The molecule has 0 spiro atoms. The van der Waals surface area contributed by atoms with Crippen molar-refractivity contribution in [2.24, 2.45) is 0 Å². The summed E-state index contributed by atoms with van der Waals surface area (Å²) in [6.07, 6.45) is 3.23. The summed E-state index contributed by atoms with van der Waals surface area (Å²) in [7, 11) is 0. The number of piperazine rings is 1. The lowest BCUT2D eigenvalue weighted by Gasteiger charge is -2.35. The molecule has 4 rings (SSSR count). The number of H-pyrrole nitrogens is 1. The summed E-state index contributed by atoms with van der Waals surface area (Å²) < 4.78 is 0. The van der Waals surface area contributed by atoms with Crippen molar-refractivity contribution in [3.8, 4) is 6.07 Å². The van der Waals surface area contributed by atoms with E-state index in [4.69, 9.17) is 5.26 Å². The predicted octanol–water partition coefficient (Wildman–Crippen LogP) is 1.19. The number of amides is 1. The molecule has 25 heavy (non-hydrogen) atoms. The maximum atomic E-state index is 12.6. The Morgan fingerprint density at radius 3 is 2.84 bits per heavy atom. The number of nitrogens with one attached hydrogen (secondary N) is 1. The lowest BCUT2D eigenvalue weighted by molar-refractivity contribution is 0.0746. The zero-order valence-corrected chi connectivity index (χ0v) is 13.4. The van der Waals surface area contributed by atoms with Gasteiger partial charge >= 0.3 is 0 Å². The lowest BCUT2D eigenvalue weighted by atomic mass is 10.1. The average molecular weight is 333 g/mol. The molecular weight excluding hydrogens is 318 g/mol. The summed E-state index contributed by atoms with van der Waals surface area (Å²) in [5.41, 5.74) is 1.75. The van der Waals surface area contributed by atoms with Gasteiger partial charge in [0.1, 0.15) is 12.1 Å². The monoisotopic (exact) mass is 333 g/mol. The van der Waals surface area contributed by atoms with Crippen LogP contribution in [0.1, 0.15) is 15.9 Å². The van der Waals surface area contributed by atoms with Crippen LogP contribution in [0.5, 0.6) is 0 Å². The van der Waals surface area contributed by atoms with E-state index in [0.29, 0.717) is 43.0 Å². The molecule has 1 aromatic carbocycles. The second-order valence-corrected chi connectivity index (χ2v) is 5.80. The Balaban J connectivity index is 1.49. The van der Waals surface area contributed by atoms with Crippen LogP contribution in [0.15, 0.2) is 36.8 Å². The predicted molar refractivity (Wildman–Crippen MR) is 91.0 cm³/mol. The molecule has 1 saturated heterocycles. The molecule has 0 bridgehead atoms. The van der Waals surface area contributed by atoms with Crippen LogP contribution < -0.4 is 4.90 Å². The minimum absolute atomic E-state index is 0.0482. The molecule has 2 aromatic heterocycles. The standard InChI is InChI=1S/C17H15N7O/c18-9-12-2-1-3-13(8-12)17(25)24-6-4-23(5-7-24)16-14-10-21-22-15(14)19-11-20-16/h1-3,8,10-11H,4-7H2,(H,19,20,21,22). The zero-order valence-electron chi connectivity index (χ0n) is 13.4. The van der Waals surface area contributed by atoms with Crippen molar-refractivity contribution in [1.29, 1.82) is 5.26 Å². The fraction of sp³-hybridized carbons (Fsp3) is 0.235. The topological polar surface area (TPSA) is 102 Å². The maximum Gasteiger partial charge on any atom is 0.254 e. The molecule has 1 amide bonds. The van der Waals surface area contributed by atoms with Crippen molar-refractivity contribution < 1.29 is 4.79 Å². The fourth-order valence-electron chi connectivity index (χ4n) is 3.03. The second-order valence-electron chi connectivity index (χ2n) is 5.80. The van der Waals surface area contributed by atoms with E-state index in [-0.39, 0.29) is 5.91 Å². The summed E-state index contributed by atoms with van der Waals surface area (Å²) in [5.74, 6) is 0.783. The van der Waals surface area contributed by atoms with Gasteiger partial charge in [0, 0.05) is 31.7 Å². The third kappa shape index (κ3) is 2.76. The number of aromatic amines is 1. The van der Waals surface area contributed by atoms with E-state index in [2.05, 4.69) is 31.1 Å². The summed E-state index contributed by atoms with van der Waals surface area (Å²) in [6.45, 7) is 2.56. The van der Waals surface area contributed by atoms with Gasteiger partial charge < -0.3 is 9.80 Å². The average Bonchev–Trinajstić information content (AvgIpc) is 3.16. The minimum atomic E-state index is -0.0482. The Labute approximate surface area is 143 Å². The van der Waals surface area contributed by atoms with Gasteiger partial charge in [0.25, 0.3) is 5.91 Å². The molecule has 0 radical (unpaired) electrons. The number of hydrogen-bond acceptors (Lipinski definition) is 6. The van der Waals surface area contributed by atoms with E-state index in [0.717, 1.165) is 11.2 Å². The van der Waals surface area contributed by atoms with E-state index in [1.54, 1.807) is 35.4 Å². The normalized spacial score (nSPS) is 14.5. The molecule has 3 aromatic rings. The van der Waals surface area contributed by atoms with Gasteiger partial charge in [-0.05, 0) is 18.2 Å². The van der Waals surface area contributed by atoms with E-state index >= 15 is 0 Å². The fourth-order valence-corrected chi connectivity index (χ4v) is 3.03. The molecule has 8 heteroatoms. The number of hydrogen-bond donors (Lipinski definition) is 1. The van der Waals surface area contributed by atoms with Gasteiger partial charge in [-0.2, -0.15) is 10.4 Å². The largest absolute Gasteiger partial charge is 0.352 e.